The number of esters is 1. The Morgan fingerprint density at radius 1 is 1.19 bits per heavy atom. The summed E-state index contributed by atoms with van der Waals surface area (Å²) in [6.07, 6.45) is 5.40. The smallest absolute Gasteiger partial charge is 0.337 e. The first-order chi connectivity index (χ1) is 13.0. The van der Waals surface area contributed by atoms with Gasteiger partial charge in [0.25, 0.3) is 0 Å². The van der Waals surface area contributed by atoms with E-state index in [9.17, 15) is 9.59 Å². The number of ketones is 1. The SMILES string of the molecule is CCCCCC(=O)CCN1CCC(Cl)C1COc1ccc(C(=O)OC)cc1. The third kappa shape index (κ3) is 6.82. The molecule has 1 aromatic carbocycles. The van der Waals surface area contributed by atoms with Crippen molar-refractivity contribution < 1.29 is 19.1 Å². The Morgan fingerprint density at radius 3 is 2.59 bits per heavy atom. The van der Waals surface area contributed by atoms with E-state index in [-0.39, 0.29) is 17.4 Å². The Hall–Kier alpha value is -1.59. The normalized spacial score (nSPS) is 19.8. The third-order valence-electron chi connectivity index (χ3n) is 5.01. The molecule has 150 valence electrons. The van der Waals surface area contributed by atoms with Gasteiger partial charge in [-0.25, -0.2) is 4.79 Å². The molecule has 1 aliphatic heterocycles. The number of nitrogens with zero attached hydrogens (tertiary/aromatic N) is 1. The van der Waals surface area contributed by atoms with E-state index in [0.29, 0.717) is 36.5 Å². The molecular formula is C21H30ClNO4. The predicted octanol–water partition coefficient (Wildman–Crippen LogP) is 4.07. The molecule has 1 aliphatic rings. The number of likely N-dealkylation sites (tertiary alicyclic amines) is 1. The molecule has 2 atom stereocenters. The highest BCUT2D eigenvalue weighted by atomic mass is 35.5. The van der Waals surface area contributed by atoms with Crippen LogP contribution in [-0.2, 0) is 9.53 Å². The van der Waals surface area contributed by atoms with Crippen molar-refractivity contribution in [2.45, 2.75) is 56.9 Å². The van der Waals surface area contributed by atoms with Crippen LogP contribution >= 0.6 is 11.6 Å². The lowest BCUT2D eigenvalue weighted by atomic mass is 10.1. The molecule has 0 aliphatic carbocycles. The molecule has 0 N–H and O–H groups in total. The standard InChI is InChI=1S/C21H30ClNO4/c1-3-4-5-6-17(24)11-13-23-14-12-19(22)20(23)15-27-18-9-7-16(8-10-18)21(25)26-2/h7-10,19-20H,3-6,11-15H2,1-2H3. The number of hydrogen-bond acceptors (Lipinski definition) is 5. The van der Waals surface area contributed by atoms with E-state index < -0.39 is 0 Å². The van der Waals surface area contributed by atoms with Crippen molar-refractivity contribution in [2.24, 2.45) is 0 Å². The molecule has 5 nitrogen and oxygen atoms in total. The second kappa shape index (κ2) is 11.3. The van der Waals surface area contributed by atoms with Crippen molar-refractivity contribution in [1.29, 1.82) is 0 Å². The highest BCUT2D eigenvalue weighted by Crippen LogP contribution is 2.25. The lowest BCUT2D eigenvalue weighted by Crippen LogP contribution is -2.39. The molecule has 1 fully saturated rings. The van der Waals surface area contributed by atoms with Gasteiger partial charge in [-0.15, -0.1) is 11.6 Å². The molecule has 6 heteroatoms. The van der Waals surface area contributed by atoms with Crippen LogP contribution in [0.3, 0.4) is 0 Å². The summed E-state index contributed by atoms with van der Waals surface area (Å²) in [4.78, 5) is 25.8. The van der Waals surface area contributed by atoms with Gasteiger partial charge in [0.05, 0.1) is 24.1 Å². The Balaban J connectivity index is 1.81. The van der Waals surface area contributed by atoms with Gasteiger partial charge in [0.1, 0.15) is 18.1 Å². The van der Waals surface area contributed by atoms with Crippen LogP contribution in [0.5, 0.6) is 5.75 Å². The first-order valence-corrected chi connectivity index (χ1v) is 10.2. The third-order valence-corrected chi connectivity index (χ3v) is 5.52. The van der Waals surface area contributed by atoms with Gasteiger partial charge in [-0.05, 0) is 37.1 Å². The zero-order valence-electron chi connectivity index (χ0n) is 16.3. The number of ether oxygens (including phenoxy) is 2. The first-order valence-electron chi connectivity index (χ1n) is 9.76. The fraction of sp³-hybridized carbons (Fsp3) is 0.619. The molecule has 1 heterocycles. The van der Waals surface area contributed by atoms with Crippen LogP contribution in [0.1, 0.15) is 55.8 Å². The monoisotopic (exact) mass is 395 g/mol. The highest BCUT2D eigenvalue weighted by Gasteiger charge is 2.33. The molecule has 1 aromatic rings. The van der Waals surface area contributed by atoms with Crippen LogP contribution in [0, 0.1) is 0 Å². The number of alkyl halides is 1. The van der Waals surface area contributed by atoms with Crippen LogP contribution in [0.4, 0.5) is 0 Å². The molecule has 0 bridgehead atoms. The molecule has 2 unspecified atom stereocenters. The number of methoxy groups -OCH3 is 1. The summed E-state index contributed by atoms with van der Waals surface area (Å²) in [6, 6.07) is 6.97. The van der Waals surface area contributed by atoms with Crippen LogP contribution in [0.15, 0.2) is 24.3 Å². The highest BCUT2D eigenvalue weighted by molar-refractivity contribution is 6.21. The lowest BCUT2D eigenvalue weighted by molar-refractivity contribution is -0.119. The number of halogens is 1. The molecular weight excluding hydrogens is 366 g/mol. The summed E-state index contributed by atoms with van der Waals surface area (Å²) < 4.78 is 10.6. The quantitative estimate of drug-likeness (QED) is 0.321. The summed E-state index contributed by atoms with van der Waals surface area (Å²) in [5.74, 6) is 0.654. The average Bonchev–Trinajstić information content (AvgIpc) is 3.04. The van der Waals surface area contributed by atoms with Crippen molar-refractivity contribution in [1.82, 2.24) is 4.90 Å². The largest absolute Gasteiger partial charge is 0.492 e. The lowest BCUT2D eigenvalue weighted by Gasteiger charge is -2.26. The number of benzene rings is 1. The van der Waals surface area contributed by atoms with Crippen molar-refractivity contribution in [2.75, 3.05) is 26.8 Å². The van der Waals surface area contributed by atoms with Gasteiger partial charge in [-0.3, -0.25) is 9.69 Å². The molecule has 0 radical (unpaired) electrons. The van der Waals surface area contributed by atoms with Crippen LogP contribution in [0.2, 0.25) is 0 Å². The van der Waals surface area contributed by atoms with Crippen LogP contribution < -0.4 is 4.74 Å². The first kappa shape index (κ1) is 21.7. The molecule has 1 saturated heterocycles. The number of carbonyl (C=O) groups excluding carboxylic acids is 2. The maximum atomic E-state index is 12.0. The van der Waals surface area contributed by atoms with Crippen LogP contribution in [0.25, 0.3) is 0 Å². The van der Waals surface area contributed by atoms with E-state index in [1.54, 1.807) is 24.3 Å². The van der Waals surface area contributed by atoms with Gasteiger partial charge in [-0.1, -0.05) is 19.8 Å². The average molecular weight is 396 g/mol. The molecule has 27 heavy (non-hydrogen) atoms. The minimum Gasteiger partial charge on any atom is -0.492 e. The molecule has 0 amide bonds. The number of unbranched alkanes of at least 4 members (excludes halogenated alkanes) is 2. The Kier molecular flexibility index (Phi) is 9.08. The van der Waals surface area contributed by atoms with Crippen molar-refractivity contribution >= 4 is 23.4 Å². The minimum absolute atomic E-state index is 0.0227. The molecule has 0 spiro atoms. The van der Waals surface area contributed by atoms with Gasteiger partial charge >= 0.3 is 5.97 Å². The van der Waals surface area contributed by atoms with Crippen LogP contribution in [-0.4, -0.2) is 54.9 Å². The summed E-state index contributed by atoms with van der Waals surface area (Å²) in [5, 5.41) is 0.0227. The fourth-order valence-electron chi connectivity index (χ4n) is 3.32. The zero-order valence-corrected chi connectivity index (χ0v) is 17.0. The summed E-state index contributed by atoms with van der Waals surface area (Å²) in [6.45, 7) is 4.24. The summed E-state index contributed by atoms with van der Waals surface area (Å²) in [5.41, 5.74) is 0.490. The predicted molar refractivity (Wildman–Crippen MR) is 107 cm³/mol. The molecule has 0 aromatic heterocycles. The zero-order chi connectivity index (χ0) is 19.6. The maximum absolute atomic E-state index is 12.0. The number of carbonyl (C=O) groups is 2. The number of rotatable bonds is 11. The summed E-state index contributed by atoms with van der Waals surface area (Å²) in [7, 11) is 1.36. The van der Waals surface area contributed by atoms with E-state index >= 15 is 0 Å². The van der Waals surface area contributed by atoms with Gasteiger partial charge < -0.3 is 9.47 Å². The number of hydrogen-bond donors (Lipinski definition) is 0. The fourth-order valence-corrected chi connectivity index (χ4v) is 3.65. The minimum atomic E-state index is -0.368. The topological polar surface area (TPSA) is 55.8 Å². The van der Waals surface area contributed by atoms with Gasteiger partial charge in [0.2, 0.25) is 0 Å². The number of Topliss-reactive ketones (excluding diaryl/α,β-unsaturated/α-hetero) is 1. The van der Waals surface area contributed by atoms with E-state index in [1.807, 2.05) is 0 Å². The molecule has 2 rings (SSSR count). The Morgan fingerprint density at radius 2 is 1.93 bits per heavy atom. The van der Waals surface area contributed by atoms with Gasteiger partial charge in [0, 0.05) is 25.9 Å². The Bertz CT molecular complexity index is 605. The van der Waals surface area contributed by atoms with Crippen molar-refractivity contribution in [3.05, 3.63) is 29.8 Å². The van der Waals surface area contributed by atoms with Crippen molar-refractivity contribution in [3.8, 4) is 5.75 Å². The van der Waals surface area contributed by atoms with E-state index in [4.69, 9.17) is 21.1 Å². The van der Waals surface area contributed by atoms with E-state index in [1.165, 1.54) is 7.11 Å². The second-order valence-electron chi connectivity index (χ2n) is 6.98. The van der Waals surface area contributed by atoms with Gasteiger partial charge in [0.15, 0.2) is 0 Å². The molecule has 0 saturated carbocycles. The summed E-state index contributed by atoms with van der Waals surface area (Å²) >= 11 is 6.47. The van der Waals surface area contributed by atoms with E-state index in [2.05, 4.69) is 11.8 Å². The Labute approximate surface area is 167 Å². The van der Waals surface area contributed by atoms with Crippen molar-refractivity contribution in [3.63, 3.8) is 0 Å². The second-order valence-corrected chi connectivity index (χ2v) is 7.54. The van der Waals surface area contributed by atoms with Gasteiger partial charge in [-0.2, -0.15) is 0 Å². The maximum Gasteiger partial charge on any atom is 0.337 e. The van der Waals surface area contributed by atoms with E-state index in [0.717, 1.165) is 38.8 Å².